The van der Waals surface area contributed by atoms with Gasteiger partial charge in [-0.25, -0.2) is 0 Å². The number of nitrogens with zero attached hydrogens (tertiary/aromatic N) is 1. The third-order valence-electron chi connectivity index (χ3n) is 3.55. The Morgan fingerprint density at radius 2 is 2.30 bits per heavy atom. The van der Waals surface area contributed by atoms with Gasteiger partial charge in [-0.3, -0.25) is 10.1 Å². The number of para-hydroxylation sites is 1. The van der Waals surface area contributed by atoms with Crippen LogP contribution in [0.15, 0.2) is 18.2 Å². The molecule has 6 nitrogen and oxygen atoms in total. The summed E-state index contributed by atoms with van der Waals surface area (Å²) in [5.41, 5.74) is 6.50. The molecule has 1 fully saturated rings. The Hall–Kier alpha value is -1.82. The van der Waals surface area contributed by atoms with Crippen LogP contribution >= 0.6 is 0 Å². The van der Waals surface area contributed by atoms with Gasteiger partial charge in [0.1, 0.15) is 5.69 Å². The molecule has 0 aromatic heterocycles. The first-order valence-corrected chi connectivity index (χ1v) is 7.05. The SMILES string of the molecule is CCCOc1cccc(NC2CCCC2N)c1[N+](=O)[O-]. The maximum Gasteiger partial charge on any atom is 0.333 e. The fourth-order valence-corrected chi connectivity index (χ4v) is 2.52. The van der Waals surface area contributed by atoms with Crippen molar-refractivity contribution in [3.63, 3.8) is 0 Å². The first-order valence-electron chi connectivity index (χ1n) is 7.05. The van der Waals surface area contributed by atoms with Gasteiger partial charge in [0.25, 0.3) is 0 Å². The maximum atomic E-state index is 11.3. The summed E-state index contributed by atoms with van der Waals surface area (Å²) in [6, 6.07) is 5.25. The van der Waals surface area contributed by atoms with Crippen LogP contribution in [0.4, 0.5) is 11.4 Å². The molecule has 3 N–H and O–H groups in total. The summed E-state index contributed by atoms with van der Waals surface area (Å²) in [6.07, 6.45) is 3.76. The minimum absolute atomic E-state index is 0.0000463. The van der Waals surface area contributed by atoms with Crippen LogP contribution in [0.25, 0.3) is 0 Å². The van der Waals surface area contributed by atoms with Gasteiger partial charge in [0.15, 0.2) is 5.75 Å². The highest BCUT2D eigenvalue weighted by Crippen LogP contribution is 2.36. The van der Waals surface area contributed by atoms with E-state index in [9.17, 15) is 10.1 Å². The zero-order chi connectivity index (χ0) is 14.5. The summed E-state index contributed by atoms with van der Waals surface area (Å²) in [7, 11) is 0. The van der Waals surface area contributed by atoms with E-state index < -0.39 is 4.92 Å². The monoisotopic (exact) mass is 279 g/mol. The normalized spacial score (nSPS) is 21.7. The second-order valence-electron chi connectivity index (χ2n) is 5.10. The van der Waals surface area contributed by atoms with Crippen LogP contribution in [0.2, 0.25) is 0 Å². The third kappa shape index (κ3) is 3.19. The molecular weight excluding hydrogens is 258 g/mol. The van der Waals surface area contributed by atoms with E-state index in [2.05, 4.69) is 5.32 Å². The minimum Gasteiger partial charge on any atom is -0.487 e. The molecule has 6 heteroatoms. The largest absolute Gasteiger partial charge is 0.487 e. The van der Waals surface area contributed by atoms with Crippen molar-refractivity contribution in [3.05, 3.63) is 28.3 Å². The Balaban J connectivity index is 2.24. The van der Waals surface area contributed by atoms with Gasteiger partial charge in [-0.1, -0.05) is 13.0 Å². The van der Waals surface area contributed by atoms with Crippen LogP contribution in [-0.2, 0) is 0 Å². The number of nitro groups is 1. The van der Waals surface area contributed by atoms with Crippen molar-refractivity contribution in [2.75, 3.05) is 11.9 Å². The third-order valence-corrected chi connectivity index (χ3v) is 3.55. The van der Waals surface area contributed by atoms with Crippen molar-refractivity contribution in [1.82, 2.24) is 0 Å². The van der Waals surface area contributed by atoms with Gasteiger partial charge >= 0.3 is 5.69 Å². The van der Waals surface area contributed by atoms with Crippen LogP contribution in [0.1, 0.15) is 32.6 Å². The molecule has 0 radical (unpaired) electrons. The fraction of sp³-hybridized carbons (Fsp3) is 0.571. The van der Waals surface area contributed by atoms with Crippen molar-refractivity contribution in [2.24, 2.45) is 5.73 Å². The van der Waals surface area contributed by atoms with Crippen molar-refractivity contribution in [1.29, 1.82) is 0 Å². The number of nitro benzene ring substituents is 1. The van der Waals surface area contributed by atoms with E-state index >= 15 is 0 Å². The second-order valence-corrected chi connectivity index (χ2v) is 5.10. The summed E-state index contributed by atoms with van der Waals surface area (Å²) in [6.45, 7) is 2.43. The highest BCUT2D eigenvalue weighted by Gasteiger charge is 2.28. The molecule has 2 unspecified atom stereocenters. The van der Waals surface area contributed by atoms with Crippen molar-refractivity contribution in [2.45, 2.75) is 44.7 Å². The number of ether oxygens (including phenoxy) is 1. The maximum absolute atomic E-state index is 11.3. The number of nitrogens with two attached hydrogens (primary N) is 1. The Bertz CT molecular complexity index is 479. The minimum atomic E-state index is -0.395. The summed E-state index contributed by atoms with van der Waals surface area (Å²) in [5, 5.41) is 14.5. The first-order chi connectivity index (χ1) is 9.63. The van der Waals surface area contributed by atoms with Crippen LogP contribution in [-0.4, -0.2) is 23.6 Å². The van der Waals surface area contributed by atoms with Crippen LogP contribution in [0, 0.1) is 10.1 Å². The van der Waals surface area contributed by atoms with Crippen molar-refractivity contribution in [3.8, 4) is 5.75 Å². The summed E-state index contributed by atoms with van der Waals surface area (Å²) < 4.78 is 5.47. The Morgan fingerprint density at radius 1 is 1.50 bits per heavy atom. The quantitative estimate of drug-likeness (QED) is 0.617. The van der Waals surface area contributed by atoms with Crippen molar-refractivity contribution < 1.29 is 9.66 Å². The van der Waals surface area contributed by atoms with Crippen LogP contribution in [0.3, 0.4) is 0 Å². The van der Waals surface area contributed by atoms with Crippen LogP contribution in [0.5, 0.6) is 5.75 Å². The van der Waals surface area contributed by atoms with Gasteiger partial charge < -0.3 is 15.8 Å². The van der Waals surface area contributed by atoms with E-state index in [1.165, 1.54) is 0 Å². The van der Waals surface area contributed by atoms with E-state index in [0.717, 1.165) is 25.7 Å². The van der Waals surface area contributed by atoms with E-state index in [4.69, 9.17) is 10.5 Å². The van der Waals surface area contributed by atoms with Gasteiger partial charge in [-0.05, 0) is 37.8 Å². The number of hydrogen-bond acceptors (Lipinski definition) is 5. The van der Waals surface area contributed by atoms with Gasteiger partial charge in [0.2, 0.25) is 0 Å². The molecule has 110 valence electrons. The topological polar surface area (TPSA) is 90.4 Å². The Kier molecular flexibility index (Phi) is 4.79. The molecule has 2 rings (SSSR count). The zero-order valence-corrected chi connectivity index (χ0v) is 11.7. The van der Waals surface area contributed by atoms with E-state index in [0.29, 0.717) is 18.0 Å². The predicted molar refractivity (Wildman–Crippen MR) is 78.1 cm³/mol. The van der Waals surface area contributed by atoms with E-state index in [1.807, 2.05) is 6.92 Å². The fourth-order valence-electron chi connectivity index (χ4n) is 2.52. The smallest absolute Gasteiger partial charge is 0.333 e. The van der Waals surface area contributed by atoms with Gasteiger partial charge in [-0.2, -0.15) is 0 Å². The zero-order valence-electron chi connectivity index (χ0n) is 11.7. The molecule has 1 aliphatic rings. The number of rotatable bonds is 6. The molecule has 1 aromatic rings. The molecule has 1 saturated carbocycles. The van der Waals surface area contributed by atoms with Gasteiger partial charge in [0.05, 0.1) is 11.5 Å². The molecule has 1 aromatic carbocycles. The molecule has 0 aliphatic heterocycles. The molecule has 0 bridgehead atoms. The Labute approximate surface area is 118 Å². The lowest BCUT2D eigenvalue weighted by molar-refractivity contribution is -0.385. The van der Waals surface area contributed by atoms with E-state index in [-0.39, 0.29) is 17.8 Å². The number of nitrogens with one attached hydrogen (secondary N) is 1. The summed E-state index contributed by atoms with van der Waals surface area (Å²) >= 11 is 0. The van der Waals surface area contributed by atoms with Crippen molar-refractivity contribution >= 4 is 11.4 Å². The number of benzene rings is 1. The molecular formula is C14H21N3O3. The Morgan fingerprint density at radius 3 is 2.90 bits per heavy atom. The number of hydrogen-bond donors (Lipinski definition) is 2. The summed E-state index contributed by atoms with van der Waals surface area (Å²) in [5.74, 6) is 0.313. The lowest BCUT2D eigenvalue weighted by Gasteiger charge is -2.19. The molecule has 0 heterocycles. The highest BCUT2D eigenvalue weighted by atomic mass is 16.6. The molecule has 20 heavy (non-hydrogen) atoms. The number of anilines is 1. The predicted octanol–water partition coefficient (Wildman–Crippen LogP) is 2.68. The second kappa shape index (κ2) is 6.56. The molecule has 2 atom stereocenters. The molecule has 1 aliphatic carbocycles. The van der Waals surface area contributed by atoms with Gasteiger partial charge in [-0.15, -0.1) is 0 Å². The molecule has 0 spiro atoms. The lowest BCUT2D eigenvalue weighted by Crippen LogP contribution is -2.35. The average Bonchev–Trinajstić information content (AvgIpc) is 2.81. The first kappa shape index (κ1) is 14.6. The van der Waals surface area contributed by atoms with Crippen LogP contribution < -0.4 is 15.8 Å². The standard InChI is InChI=1S/C14H21N3O3/c1-2-9-20-13-8-4-7-12(14(13)17(18)19)16-11-6-3-5-10(11)15/h4,7-8,10-11,16H,2-3,5-6,9,15H2,1H3. The van der Waals surface area contributed by atoms with Gasteiger partial charge in [0, 0.05) is 12.1 Å². The molecule has 0 amide bonds. The summed E-state index contributed by atoms with van der Waals surface area (Å²) in [4.78, 5) is 10.9. The van der Waals surface area contributed by atoms with E-state index in [1.54, 1.807) is 18.2 Å². The lowest BCUT2D eigenvalue weighted by atomic mass is 10.1. The highest BCUT2D eigenvalue weighted by molar-refractivity contribution is 5.69. The molecule has 0 saturated heterocycles. The average molecular weight is 279 g/mol.